The van der Waals surface area contributed by atoms with Crippen molar-refractivity contribution in [2.75, 3.05) is 33.9 Å². The van der Waals surface area contributed by atoms with Crippen LogP contribution in [-0.2, 0) is 17.5 Å². The van der Waals surface area contributed by atoms with Crippen LogP contribution in [0.3, 0.4) is 0 Å². The minimum atomic E-state index is -4.45. The molecule has 0 spiro atoms. The molecule has 2 N–H and O–H groups in total. The van der Waals surface area contributed by atoms with Crippen molar-refractivity contribution in [2.45, 2.75) is 26.1 Å². The Morgan fingerprint density at radius 1 is 1.21 bits per heavy atom. The second-order valence-electron chi connectivity index (χ2n) is 4.99. The summed E-state index contributed by atoms with van der Waals surface area (Å²) >= 11 is 0. The molecule has 0 aromatic heterocycles. The summed E-state index contributed by atoms with van der Waals surface area (Å²) in [5, 5.41) is 6.06. The Balaban J connectivity index is 2.87. The van der Waals surface area contributed by atoms with Gasteiger partial charge in [-0.25, -0.2) is 4.99 Å². The molecule has 1 rings (SSSR count). The van der Waals surface area contributed by atoms with E-state index in [1.54, 1.807) is 7.11 Å². The van der Waals surface area contributed by atoms with Crippen LogP contribution in [0.1, 0.15) is 24.5 Å². The fourth-order valence-corrected chi connectivity index (χ4v) is 2.01. The number of nitrogens with zero attached hydrogens (tertiary/aromatic N) is 1. The van der Waals surface area contributed by atoms with Crippen molar-refractivity contribution in [3.8, 4) is 5.75 Å². The number of nitrogens with one attached hydrogen (secondary N) is 2. The lowest BCUT2D eigenvalue weighted by molar-refractivity contribution is -0.138. The van der Waals surface area contributed by atoms with Gasteiger partial charge in [0.25, 0.3) is 0 Å². The normalized spacial score (nSPS) is 12.2. The van der Waals surface area contributed by atoms with Gasteiger partial charge in [-0.15, -0.1) is 0 Å². The van der Waals surface area contributed by atoms with E-state index in [0.29, 0.717) is 25.7 Å². The molecule has 0 unspecified atom stereocenters. The van der Waals surface area contributed by atoms with Crippen LogP contribution < -0.4 is 15.4 Å². The molecule has 8 heteroatoms. The molecule has 0 radical (unpaired) electrons. The van der Waals surface area contributed by atoms with Crippen LogP contribution in [0.4, 0.5) is 13.2 Å². The molecule has 0 saturated carbocycles. The molecule has 0 atom stereocenters. The summed E-state index contributed by atoms with van der Waals surface area (Å²) in [5.74, 6) is 0.636. The summed E-state index contributed by atoms with van der Waals surface area (Å²) in [6.45, 7) is 3.64. The zero-order valence-corrected chi connectivity index (χ0v) is 14.2. The van der Waals surface area contributed by atoms with Gasteiger partial charge in [0, 0.05) is 26.8 Å². The molecule has 0 bridgehead atoms. The largest absolute Gasteiger partial charge is 0.497 e. The first-order chi connectivity index (χ1) is 11.4. The maximum atomic E-state index is 13.2. The number of ether oxygens (including phenoxy) is 2. The third-order valence-electron chi connectivity index (χ3n) is 3.19. The first kappa shape index (κ1) is 20.1. The van der Waals surface area contributed by atoms with Gasteiger partial charge in [0.2, 0.25) is 0 Å². The van der Waals surface area contributed by atoms with Crippen LogP contribution in [-0.4, -0.2) is 39.9 Å². The first-order valence-electron chi connectivity index (χ1n) is 7.67. The van der Waals surface area contributed by atoms with Crippen LogP contribution in [0, 0.1) is 0 Å². The highest BCUT2D eigenvalue weighted by Crippen LogP contribution is 2.34. The summed E-state index contributed by atoms with van der Waals surface area (Å²) in [7, 11) is 2.95. The fraction of sp³-hybridized carbons (Fsp3) is 0.562. The number of hydrogen-bond acceptors (Lipinski definition) is 3. The smallest absolute Gasteiger partial charge is 0.416 e. The average Bonchev–Trinajstić information content (AvgIpc) is 2.55. The third kappa shape index (κ3) is 6.66. The lowest BCUT2D eigenvalue weighted by Gasteiger charge is -2.14. The van der Waals surface area contributed by atoms with Crippen LogP contribution in [0.5, 0.6) is 5.75 Å². The van der Waals surface area contributed by atoms with Crippen LogP contribution >= 0.6 is 0 Å². The van der Waals surface area contributed by atoms with Gasteiger partial charge in [0.15, 0.2) is 5.96 Å². The summed E-state index contributed by atoms with van der Waals surface area (Å²) in [6.07, 6.45) is -3.68. The molecule has 136 valence electrons. The Labute approximate surface area is 140 Å². The van der Waals surface area contributed by atoms with Crippen molar-refractivity contribution in [3.05, 3.63) is 29.3 Å². The highest BCUT2D eigenvalue weighted by atomic mass is 19.4. The third-order valence-corrected chi connectivity index (χ3v) is 3.19. The number of aliphatic imine (C=N–C) groups is 1. The predicted octanol–water partition coefficient (Wildman–Crippen LogP) is 2.81. The van der Waals surface area contributed by atoms with Gasteiger partial charge >= 0.3 is 6.18 Å². The zero-order valence-electron chi connectivity index (χ0n) is 14.2. The topological polar surface area (TPSA) is 54.9 Å². The van der Waals surface area contributed by atoms with Gasteiger partial charge in [-0.3, -0.25) is 0 Å². The molecule has 0 fully saturated rings. The molecular formula is C16H24F3N3O2. The van der Waals surface area contributed by atoms with Crippen molar-refractivity contribution in [2.24, 2.45) is 4.99 Å². The second-order valence-corrected chi connectivity index (χ2v) is 4.99. The molecule has 24 heavy (non-hydrogen) atoms. The van der Waals surface area contributed by atoms with Gasteiger partial charge in [-0.2, -0.15) is 13.2 Å². The molecule has 5 nitrogen and oxygen atoms in total. The Kier molecular flexibility index (Phi) is 8.39. The standard InChI is InChI=1S/C16H24F3N3O2/c1-4-20-15(21-8-5-9-23-2)22-11-12-6-7-13(24-3)10-14(12)16(17,18)19/h6-7,10H,4-5,8-9,11H2,1-3H3,(H2,20,21,22). The van der Waals surface area contributed by atoms with E-state index in [0.717, 1.165) is 12.5 Å². The molecule has 0 aliphatic rings. The SMILES string of the molecule is CCNC(=NCc1ccc(OC)cc1C(F)(F)F)NCCCOC. The van der Waals surface area contributed by atoms with E-state index in [9.17, 15) is 13.2 Å². The number of halogens is 3. The van der Waals surface area contributed by atoms with E-state index in [2.05, 4.69) is 15.6 Å². The van der Waals surface area contributed by atoms with E-state index in [-0.39, 0.29) is 17.9 Å². The van der Waals surface area contributed by atoms with E-state index < -0.39 is 11.7 Å². The van der Waals surface area contributed by atoms with Gasteiger partial charge in [0.05, 0.1) is 19.2 Å². The summed E-state index contributed by atoms with van der Waals surface area (Å²) in [4.78, 5) is 4.22. The average molecular weight is 347 g/mol. The van der Waals surface area contributed by atoms with Gasteiger partial charge in [-0.05, 0) is 31.0 Å². The van der Waals surface area contributed by atoms with Gasteiger partial charge in [-0.1, -0.05) is 6.07 Å². The van der Waals surface area contributed by atoms with Crippen molar-refractivity contribution in [1.29, 1.82) is 0 Å². The molecule has 0 aliphatic carbocycles. The van der Waals surface area contributed by atoms with E-state index in [1.165, 1.54) is 19.2 Å². The van der Waals surface area contributed by atoms with Crippen molar-refractivity contribution in [3.63, 3.8) is 0 Å². The molecular weight excluding hydrogens is 323 g/mol. The van der Waals surface area contributed by atoms with Crippen molar-refractivity contribution < 1.29 is 22.6 Å². The van der Waals surface area contributed by atoms with E-state index in [1.807, 2.05) is 6.92 Å². The molecule has 0 heterocycles. The van der Waals surface area contributed by atoms with Crippen molar-refractivity contribution in [1.82, 2.24) is 10.6 Å². The number of benzene rings is 1. The predicted molar refractivity (Wildman–Crippen MR) is 87.3 cm³/mol. The van der Waals surface area contributed by atoms with Crippen LogP contribution in [0.2, 0.25) is 0 Å². The number of rotatable bonds is 8. The summed E-state index contributed by atoms with van der Waals surface area (Å²) in [6, 6.07) is 3.88. The molecule has 0 saturated heterocycles. The second kappa shape index (κ2) is 10.0. The number of alkyl halides is 3. The molecule has 0 aliphatic heterocycles. The monoisotopic (exact) mass is 347 g/mol. The quantitative estimate of drug-likeness (QED) is 0.431. The molecule has 1 aromatic carbocycles. The fourth-order valence-electron chi connectivity index (χ4n) is 2.01. The van der Waals surface area contributed by atoms with Gasteiger partial charge < -0.3 is 20.1 Å². The number of hydrogen-bond donors (Lipinski definition) is 2. The Morgan fingerprint density at radius 2 is 1.96 bits per heavy atom. The summed E-state index contributed by atoms with van der Waals surface area (Å²) < 4.78 is 49.4. The maximum absolute atomic E-state index is 13.2. The minimum Gasteiger partial charge on any atom is -0.497 e. The zero-order chi connectivity index (χ0) is 18.0. The Bertz CT molecular complexity index is 534. The number of guanidine groups is 1. The highest BCUT2D eigenvalue weighted by molar-refractivity contribution is 5.79. The minimum absolute atomic E-state index is 0.0849. The van der Waals surface area contributed by atoms with E-state index >= 15 is 0 Å². The highest BCUT2D eigenvalue weighted by Gasteiger charge is 2.33. The van der Waals surface area contributed by atoms with Gasteiger partial charge in [0.1, 0.15) is 5.75 Å². The van der Waals surface area contributed by atoms with Crippen molar-refractivity contribution >= 4 is 5.96 Å². The molecule has 1 aromatic rings. The first-order valence-corrected chi connectivity index (χ1v) is 7.67. The Hall–Kier alpha value is -1.96. The van der Waals surface area contributed by atoms with Crippen LogP contribution in [0.25, 0.3) is 0 Å². The summed E-state index contributed by atoms with van der Waals surface area (Å²) in [5.41, 5.74) is -0.641. The Morgan fingerprint density at radius 3 is 2.54 bits per heavy atom. The lowest BCUT2D eigenvalue weighted by Crippen LogP contribution is -2.38. The lowest BCUT2D eigenvalue weighted by atomic mass is 10.1. The maximum Gasteiger partial charge on any atom is 0.416 e. The number of methoxy groups -OCH3 is 2. The van der Waals surface area contributed by atoms with E-state index in [4.69, 9.17) is 9.47 Å². The molecule has 0 amide bonds. The van der Waals surface area contributed by atoms with Crippen LogP contribution in [0.15, 0.2) is 23.2 Å².